The molecule has 22 heavy (non-hydrogen) atoms. The number of nitrogens with one attached hydrogen (secondary N) is 2. The molecule has 0 spiro atoms. The van der Waals surface area contributed by atoms with Crippen molar-refractivity contribution in [3.05, 3.63) is 24.3 Å². The highest BCUT2D eigenvalue weighted by Crippen LogP contribution is 2.36. The Morgan fingerprint density at radius 3 is 2.77 bits per heavy atom. The molecule has 0 aliphatic heterocycles. The number of thiocarbonyl (C=S) groups is 1. The lowest BCUT2D eigenvalue weighted by atomic mass is 9.72. The Morgan fingerprint density at radius 2 is 2.09 bits per heavy atom. The predicted molar refractivity (Wildman–Crippen MR) is 96.6 cm³/mol. The summed E-state index contributed by atoms with van der Waals surface area (Å²) in [7, 11) is 1.64. The minimum atomic E-state index is 0.315. The summed E-state index contributed by atoms with van der Waals surface area (Å²) < 4.78 is 5.30. The Balaban J connectivity index is 1.96. The maximum Gasteiger partial charge on any atom is 0.191 e. The van der Waals surface area contributed by atoms with E-state index in [2.05, 4.69) is 36.6 Å². The Morgan fingerprint density at radius 1 is 1.36 bits per heavy atom. The van der Waals surface area contributed by atoms with E-state index in [4.69, 9.17) is 17.0 Å². The van der Waals surface area contributed by atoms with E-state index in [1.54, 1.807) is 7.11 Å². The maximum atomic E-state index is 5.31. The second kappa shape index (κ2) is 7.09. The van der Waals surface area contributed by atoms with Crippen molar-refractivity contribution in [1.82, 2.24) is 5.43 Å². The quantitative estimate of drug-likeness (QED) is 0.648. The van der Waals surface area contributed by atoms with Crippen molar-refractivity contribution < 1.29 is 4.74 Å². The summed E-state index contributed by atoms with van der Waals surface area (Å²) in [5, 5.41) is 8.10. The third kappa shape index (κ3) is 4.70. The number of nitrogens with zero attached hydrogens (tertiary/aromatic N) is 1. The van der Waals surface area contributed by atoms with Gasteiger partial charge in [-0.1, -0.05) is 32.9 Å². The zero-order chi connectivity index (χ0) is 16.2. The number of rotatable bonds is 3. The van der Waals surface area contributed by atoms with Crippen LogP contribution < -0.4 is 15.5 Å². The van der Waals surface area contributed by atoms with E-state index in [9.17, 15) is 0 Å². The second-order valence-corrected chi connectivity index (χ2v) is 7.21. The summed E-state index contributed by atoms with van der Waals surface area (Å²) in [5.74, 6) is 1.42. The normalized spacial score (nSPS) is 22.2. The van der Waals surface area contributed by atoms with E-state index in [1.165, 1.54) is 12.1 Å². The van der Waals surface area contributed by atoms with E-state index in [0.29, 0.717) is 16.4 Å². The lowest BCUT2D eigenvalue weighted by Crippen LogP contribution is -2.31. The molecule has 0 saturated heterocycles. The van der Waals surface area contributed by atoms with Crippen LogP contribution in [-0.2, 0) is 0 Å². The third-order valence-corrected chi connectivity index (χ3v) is 4.03. The standard InChI is InChI=1S/C17H25N3OS/c1-12-9-13(11-17(2,3)10-12)19-20-16(22)18-14-7-5-6-8-15(14)21-4/h5-8,12H,9-11H2,1-4H3,(H2,18,20,22). The van der Waals surface area contributed by atoms with Crippen molar-refractivity contribution in [3.8, 4) is 5.75 Å². The van der Waals surface area contributed by atoms with Gasteiger partial charge in [0, 0.05) is 5.71 Å². The lowest BCUT2D eigenvalue weighted by Gasteiger charge is -2.34. The molecule has 2 N–H and O–H groups in total. The molecule has 1 unspecified atom stereocenters. The van der Waals surface area contributed by atoms with Crippen molar-refractivity contribution in [2.75, 3.05) is 12.4 Å². The molecule has 120 valence electrons. The van der Waals surface area contributed by atoms with E-state index in [1.807, 2.05) is 24.3 Å². The highest BCUT2D eigenvalue weighted by molar-refractivity contribution is 7.80. The molecule has 0 radical (unpaired) electrons. The van der Waals surface area contributed by atoms with Gasteiger partial charge in [-0.3, -0.25) is 5.43 Å². The smallest absolute Gasteiger partial charge is 0.191 e. The molecular formula is C17H25N3OS. The molecular weight excluding hydrogens is 294 g/mol. The zero-order valence-corrected chi connectivity index (χ0v) is 14.6. The van der Waals surface area contributed by atoms with Gasteiger partial charge in [-0.25, -0.2) is 0 Å². The maximum absolute atomic E-state index is 5.31. The lowest BCUT2D eigenvalue weighted by molar-refractivity contribution is 0.265. The number of benzene rings is 1. The second-order valence-electron chi connectivity index (χ2n) is 6.80. The summed E-state index contributed by atoms with van der Waals surface area (Å²) in [6.07, 6.45) is 3.30. The fourth-order valence-electron chi connectivity index (χ4n) is 3.23. The zero-order valence-electron chi connectivity index (χ0n) is 13.8. The van der Waals surface area contributed by atoms with E-state index in [-0.39, 0.29) is 0 Å². The molecule has 0 bridgehead atoms. The molecule has 5 heteroatoms. The number of ether oxygens (including phenoxy) is 1. The van der Waals surface area contributed by atoms with Crippen LogP contribution in [0, 0.1) is 11.3 Å². The average Bonchev–Trinajstić information content (AvgIpc) is 2.43. The molecule has 1 fully saturated rings. The SMILES string of the molecule is COc1ccccc1NC(=S)NN=C1CC(C)CC(C)(C)C1. The Hall–Kier alpha value is -1.62. The van der Waals surface area contributed by atoms with Crippen molar-refractivity contribution >= 4 is 28.7 Å². The highest BCUT2D eigenvalue weighted by Gasteiger charge is 2.29. The molecule has 1 atom stereocenters. The van der Waals surface area contributed by atoms with Gasteiger partial charge in [0.2, 0.25) is 0 Å². The van der Waals surface area contributed by atoms with Gasteiger partial charge in [-0.2, -0.15) is 5.10 Å². The fraction of sp³-hybridized carbons (Fsp3) is 0.529. The first-order chi connectivity index (χ1) is 10.4. The summed E-state index contributed by atoms with van der Waals surface area (Å²) in [6, 6.07) is 7.67. The van der Waals surface area contributed by atoms with Crippen LogP contribution in [0.4, 0.5) is 5.69 Å². The van der Waals surface area contributed by atoms with Crippen LogP contribution >= 0.6 is 12.2 Å². The molecule has 0 amide bonds. The van der Waals surface area contributed by atoms with Gasteiger partial charge in [-0.05, 0) is 54.9 Å². The molecule has 1 aliphatic rings. The van der Waals surface area contributed by atoms with Crippen LogP contribution in [0.1, 0.15) is 40.0 Å². The summed E-state index contributed by atoms with van der Waals surface area (Å²) in [4.78, 5) is 0. The van der Waals surface area contributed by atoms with Crippen molar-refractivity contribution in [1.29, 1.82) is 0 Å². The molecule has 1 saturated carbocycles. The molecule has 1 aromatic carbocycles. The Labute approximate surface area is 138 Å². The first-order valence-corrected chi connectivity index (χ1v) is 8.06. The molecule has 4 nitrogen and oxygen atoms in total. The van der Waals surface area contributed by atoms with Crippen LogP contribution in [0.25, 0.3) is 0 Å². The third-order valence-electron chi connectivity index (χ3n) is 3.84. The van der Waals surface area contributed by atoms with Gasteiger partial charge in [0.25, 0.3) is 0 Å². The number of hydrogen-bond donors (Lipinski definition) is 2. The first-order valence-electron chi connectivity index (χ1n) is 7.65. The Kier molecular flexibility index (Phi) is 5.40. The highest BCUT2D eigenvalue weighted by atomic mass is 32.1. The molecule has 0 heterocycles. The van der Waals surface area contributed by atoms with Crippen LogP contribution in [0.3, 0.4) is 0 Å². The van der Waals surface area contributed by atoms with Crippen LogP contribution in [-0.4, -0.2) is 17.9 Å². The molecule has 1 aliphatic carbocycles. The number of hydrazone groups is 1. The monoisotopic (exact) mass is 319 g/mol. The van der Waals surface area contributed by atoms with Gasteiger partial charge in [0.05, 0.1) is 12.8 Å². The number of methoxy groups -OCH3 is 1. The summed E-state index contributed by atoms with van der Waals surface area (Å²) in [6.45, 7) is 6.87. The number of para-hydroxylation sites is 2. The topological polar surface area (TPSA) is 45.6 Å². The average molecular weight is 319 g/mol. The van der Waals surface area contributed by atoms with Gasteiger partial charge >= 0.3 is 0 Å². The van der Waals surface area contributed by atoms with E-state index < -0.39 is 0 Å². The van der Waals surface area contributed by atoms with E-state index >= 15 is 0 Å². The van der Waals surface area contributed by atoms with Gasteiger partial charge < -0.3 is 10.1 Å². The summed E-state index contributed by atoms with van der Waals surface area (Å²) >= 11 is 5.31. The fourth-order valence-corrected chi connectivity index (χ4v) is 3.38. The minimum Gasteiger partial charge on any atom is -0.495 e. The van der Waals surface area contributed by atoms with E-state index in [0.717, 1.165) is 24.3 Å². The minimum absolute atomic E-state index is 0.315. The van der Waals surface area contributed by atoms with Crippen molar-refractivity contribution in [2.45, 2.75) is 40.0 Å². The molecule has 1 aromatic rings. The largest absolute Gasteiger partial charge is 0.495 e. The Bertz CT molecular complexity index is 569. The van der Waals surface area contributed by atoms with Crippen molar-refractivity contribution in [3.63, 3.8) is 0 Å². The summed E-state index contributed by atoms with van der Waals surface area (Å²) in [5.41, 5.74) is 5.30. The predicted octanol–water partition coefficient (Wildman–Crippen LogP) is 4.18. The van der Waals surface area contributed by atoms with Crippen LogP contribution in [0.5, 0.6) is 5.75 Å². The van der Waals surface area contributed by atoms with Crippen LogP contribution in [0.2, 0.25) is 0 Å². The van der Waals surface area contributed by atoms with Crippen LogP contribution in [0.15, 0.2) is 29.4 Å². The number of hydrogen-bond acceptors (Lipinski definition) is 3. The number of anilines is 1. The van der Waals surface area contributed by atoms with Gasteiger partial charge in [0.1, 0.15) is 5.75 Å². The molecule has 0 aromatic heterocycles. The first kappa shape index (κ1) is 16.7. The van der Waals surface area contributed by atoms with Gasteiger partial charge in [-0.15, -0.1) is 0 Å². The van der Waals surface area contributed by atoms with Crippen molar-refractivity contribution in [2.24, 2.45) is 16.4 Å². The molecule has 2 rings (SSSR count). The van der Waals surface area contributed by atoms with Gasteiger partial charge in [0.15, 0.2) is 5.11 Å².